The highest BCUT2D eigenvalue weighted by atomic mass is 32.2. The number of aliphatic carboxylic acids is 3. The fourth-order valence-electron chi connectivity index (χ4n) is 2.62. The van der Waals surface area contributed by atoms with E-state index >= 15 is 0 Å². The van der Waals surface area contributed by atoms with Gasteiger partial charge in [-0.3, -0.25) is 24.0 Å². The highest BCUT2D eigenvalue weighted by Gasteiger charge is 2.32. The Morgan fingerprint density at radius 2 is 1.36 bits per heavy atom. The topological polar surface area (TPSA) is 225 Å². The van der Waals surface area contributed by atoms with Crippen LogP contribution in [0.4, 0.5) is 0 Å². The fourth-order valence-corrected chi connectivity index (χ4v) is 3.09. The molecule has 0 saturated carbocycles. The first-order chi connectivity index (χ1) is 15.3. The molecule has 0 spiro atoms. The van der Waals surface area contributed by atoms with Gasteiger partial charge in [0.05, 0.1) is 12.5 Å². The van der Waals surface area contributed by atoms with Gasteiger partial charge in [-0.15, -0.1) is 0 Å². The molecule has 13 nitrogen and oxygen atoms in total. The summed E-state index contributed by atoms with van der Waals surface area (Å²) < 4.78 is 0. The van der Waals surface area contributed by atoms with Gasteiger partial charge in [-0.1, -0.05) is 13.8 Å². The van der Waals surface area contributed by atoms with Crippen LogP contribution < -0.4 is 21.7 Å². The molecule has 3 amide bonds. The summed E-state index contributed by atoms with van der Waals surface area (Å²) in [4.78, 5) is 70.8. The van der Waals surface area contributed by atoms with Crippen LogP contribution in [0, 0.1) is 5.92 Å². The maximum absolute atomic E-state index is 12.8. The lowest BCUT2D eigenvalue weighted by atomic mass is 10.0. The van der Waals surface area contributed by atoms with Gasteiger partial charge in [0.2, 0.25) is 17.7 Å². The van der Waals surface area contributed by atoms with Gasteiger partial charge in [-0.25, -0.2) is 4.79 Å². The molecule has 0 fully saturated rings. The van der Waals surface area contributed by atoms with Crippen molar-refractivity contribution in [2.24, 2.45) is 11.7 Å². The second kappa shape index (κ2) is 15.1. The molecule has 188 valence electrons. The van der Waals surface area contributed by atoms with Crippen LogP contribution in [0.25, 0.3) is 0 Å². The molecule has 0 bridgehead atoms. The SMILES string of the molecule is CSCCC(NC(=O)C(N)CCC(=O)O)C(=O)NC(CC(=O)O)C(=O)NC(C(=O)O)C(C)C. The van der Waals surface area contributed by atoms with Crippen LogP contribution in [0.5, 0.6) is 0 Å². The smallest absolute Gasteiger partial charge is 0.326 e. The third-order valence-corrected chi connectivity index (χ3v) is 5.14. The zero-order valence-electron chi connectivity index (χ0n) is 18.7. The summed E-state index contributed by atoms with van der Waals surface area (Å²) in [7, 11) is 0. The molecule has 0 saturated heterocycles. The lowest BCUT2D eigenvalue weighted by Crippen LogP contribution is -2.58. The van der Waals surface area contributed by atoms with Crippen LogP contribution in [-0.4, -0.2) is 87.1 Å². The third kappa shape index (κ3) is 12.1. The molecule has 33 heavy (non-hydrogen) atoms. The number of carbonyl (C=O) groups is 6. The number of rotatable bonds is 16. The molecule has 4 unspecified atom stereocenters. The number of carboxylic acids is 3. The highest BCUT2D eigenvalue weighted by molar-refractivity contribution is 7.98. The minimum absolute atomic E-state index is 0.121. The molecule has 0 aromatic rings. The molecule has 8 N–H and O–H groups in total. The number of hydrogen-bond acceptors (Lipinski definition) is 8. The molecular formula is C19H32N4O9S. The zero-order valence-corrected chi connectivity index (χ0v) is 19.5. The summed E-state index contributed by atoms with van der Waals surface area (Å²) in [6, 6.07) is -5.26. The van der Waals surface area contributed by atoms with Crippen LogP contribution in [0.2, 0.25) is 0 Å². The van der Waals surface area contributed by atoms with E-state index in [2.05, 4.69) is 16.0 Å². The van der Waals surface area contributed by atoms with Crippen molar-refractivity contribution in [1.29, 1.82) is 0 Å². The Morgan fingerprint density at radius 3 is 1.82 bits per heavy atom. The zero-order chi connectivity index (χ0) is 25.7. The molecule has 0 aliphatic heterocycles. The van der Waals surface area contributed by atoms with Gasteiger partial charge in [0, 0.05) is 6.42 Å². The number of carboxylic acid groups (broad SMARTS) is 3. The van der Waals surface area contributed by atoms with Crippen molar-refractivity contribution in [3.63, 3.8) is 0 Å². The Hall–Kier alpha value is -2.87. The average molecular weight is 493 g/mol. The standard InChI is InChI=1S/C19H32N4O9S/c1-9(2)15(19(31)32)23-18(30)12(8-14(26)27)22-17(29)11(6-7-33-3)21-16(28)10(20)4-5-13(24)25/h9-12,15H,4-8,20H2,1-3H3,(H,21,28)(H,22,29)(H,23,30)(H,24,25)(H,26,27)(H,31,32). The molecule has 0 aliphatic rings. The number of hydrogen-bond donors (Lipinski definition) is 7. The van der Waals surface area contributed by atoms with Crippen LogP contribution in [0.1, 0.15) is 39.5 Å². The largest absolute Gasteiger partial charge is 0.481 e. The van der Waals surface area contributed by atoms with E-state index in [1.807, 2.05) is 0 Å². The highest BCUT2D eigenvalue weighted by Crippen LogP contribution is 2.06. The van der Waals surface area contributed by atoms with Gasteiger partial charge in [-0.2, -0.15) is 11.8 Å². The average Bonchev–Trinajstić information content (AvgIpc) is 2.71. The maximum Gasteiger partial charge on any atom is 0.326 e. The lowest BCUT2D eigenvalue weighted by molar-refractivity contribution is -0.144. The molecule has 14 heteroatoms. The fraction of sp³-hybridized carbons (Fsp3) is 0.684. The Labute approximate surface area is 195 Å². The summed E-state index contributed by atoms with van der Waals surface area (Å²) >= 11 is 1.37. The third-order valence-electron chi connectivity index (χ3n) is 4.49. The minimum atomic E-state index is -1.59. The molecule has 4 atom stereocenters. The van der Waals surface area contributed by atoms with Crippen molar-refractivity contribution in [2.45, 2.75) is 63.7 Å². The van der Waals surface area contributed by atoms with Crippen molar-refractivity contribution in [3.8, 4) is 0 Å². The van der Waals surface area contributed by atoms with Gasteiger partial charge < -0.3 is 37.0 Å². The Morgan fingerprint density at radius 1 is 0.818 bits per heavy atom. The molecule has 0 aromatic carbocycles. The van der Waals surface area contributed by atoms with E-state index in [1.165, 1.54) is 11.8 Å². The van der Waals surface area contributed by atoms with E-state index in [4.69, 9.17) is 15.9 Å². The van der Waals surface area contributed by atoms with Crippen LogP contribution in [-0.2, 0) is 28.8 Å². The van der Waals surface area contributed by atoms with Crippen LogP contribution in [0.15, 0.2) is 0 Å². The number of nitrogens with two attached hydrogens (primary N) is 1. The van der Waals surface area contributed by atoms with Crippen molar-refractivity contribution < 1.29 is 44.1 Å². The molecule has 0 heterocycles. The predicted octanol–water partition coefficient (Wildman–Crippen LogP) is -1.40. The van der Waals surface area contributed by atoms with Gasteiger partial charge in [0.15, 0.2) is 0 Å². The molecular weight excluding hydrogens is 460 g/mol. The second-order valence-corrected chi connectivity index (χ2v) is 8.59. The molecule has 0 rings (SSSR count). The quantitative estimate of drug-likeness (QED) is 0.133. The van der Waals surface area contributed by atoms with E-state index in [0.717, 1.165) is 0 Å². The van der Waals surface area contributed by atoms with Crippen molar-refractivity contribution in [2.75, 3.05) is 12.0 Å². The predicted molar refractivity (Wildman–Crippen MR) is 118 cm³/mol. The first kappa shape index (κ1) is 30.1. The van der Waals surface area contributed by atoms with E-state index in [1.54, 1.807) is 20.1 Å². The van der Waals surface area contributed by atoms with Gasteiger partial charge in [0.1, 0.15) is 18.1 Å². The first-order valence-corrected chi connectivity index (χ1v) is 11.5. The molecule has 0 radical (unpaired) electrons. The number of amides is 3. The summed E-state index contributed by atoms with van der Waals surface area (Å²) in [6.45, 7) is 3.09. The number of nitrogens with one attached hydrogen (secondary N) is 3. The van der Waals surface area contributed by atoms with E-state index in [-0.39, 0.29) is 19.3 Å². The van der Waals surface area contributed by atoms with E-state index < -0.39 is 72.1 Å². The summed E-state index contributed by atoms with van der Waals surface area (Å²) in [5.41, 5.74) is 5.66. The normalized spacial score (nSPS) is 14.5. The number of thioether (sulfide) groups is 1. The van der Waals surface area contributed by atoms with Gasteiger partial charge >= 0.3 is 17.9 Å². The van der Waals surface area contributed by atoms with Crippen LogP contribution >= 0.6 is 11.8 Å². The Kier molecular flexibility index (Phi) is 13.7. The van der Waals surface area contributed by atoms with Crippen LogP contribution in [0.3, 0.4) is 0 Å². The van der Waals surface area contributed by atoms with Crippen molar-refractivity contribution in [3.05, 3.63) is 0 Å². The summed E-state index contributed by atoms with van der Waals surface area (Å²) in [5, 5.41) is 33.9. The van der Waals surface area contributed by atoms with E-state index in [9.17, 15) is 33.9 Å². The van der Waals surface area contributed by atoms with Gasteiger partial charge in [-0.05, 0) is 30.8 Å². The lowest BCUT2D eigenvalue weighted by Gasteiger charge is -2.25. The molecule has 0 aromatic heterocycles. The van der Waals surface area contributed by atoms with Crippen molar-refractivity contribution in [1.82, 2.24) is 16.0 Å². The Bertz CT molecular complexity index is 732. The first-order valence-electron chi connectivity index (χ1n) is 10.1. The summed E-state index contributed by atoms with van der Waals surface area (Å²) in [6.07, 6.45) is 0.554. The van der Waals surface area contributed by atoms with Crippen molar-refractivity contribution >= 4 is 47.4 Å². The van der Waals surface area contributed by atoms with Gasteiger partial charge in [0.25, 0.3) is 0 Å². The molecule has 0 aliphatic carbocycles. The minimum Gasteiger partial charge on any atom is -0.481 e. The second-order valence-electron chi connectivity index (χ2n) is 7.61. The monoisotopic (exact) mass is 492 g/mol. The maximum atomic E-state index is 12.8. The Balaban J connectivity index is 5.44. The number of carbonyl (C=O) groups excluding carboxylic acids is 3. The van der Waals surface area contributed by atoms with E-state index in [0.29, 0.717) is 5.75 Å². The summed E-state index contributed by atoms with van der Waals surface area (Å²) in [5.74, 6) is -6.59.